The molecule has 0 bridgehead atoms. The third-order valence-electron chi connectivity index (χ3n) is 4.04. The molecule has 1 aliphatic rings. The van der Waals surface area contributed by atoms with Gasteiger partial charge in [-0.05, 0) is 44.7 Å². The van der Waals surface area contributed by atoms with E-state index in [1.54, 1.807) is 11.9 Å². The first-order valence-electron chi connectivity index (χ1n) is 6.95. The van der Waals surface area contributed by atoms with Crippen LogP contribution < -0.4 is 4.74 Å². The maximum atomic E-state index is 12.2. The van der Waals surface area contributed by atoms with E-state index in [2.05, 4.69) is 6.07 Å². The molecule has 0 radical (unpaired) electrons. The van der Waals surface area contributed by atoms with Gasteiger partial charge in [0.05, 0.1) is 6.07 Å². The zero-order chi connectivity index (χ0) is 14.6. The van der Waals surface area contributed by atoms with E-state index >= 15 is 0 Å². The number of aryl methyl sites for hydroxylation is 1. The highest BCUT2D eigenvalue weighted by Crippen LogP contribution is 2.33. The number of nitrogens with zero attached hydrogens (tertiary/aromatic N) is 2. The molecule has 1 fully saturated rings. The lowest BCUT2D eigenvalue weighted by Gasteiger charge is -2.32. The number of nitriles is 1. The van der Waals surface area contributed by atoms with E-state index in [0.717, 1.165) is 31.2 Å². The Morgan fingerprint density at radius 2 is 1.95 bits per heavy atom. The molecule has 0 N–H and O–H groups in total. The van der Waals surface area contributed by atoms with Crippen LogP contribution in [0.3, 0.4) is 0 Å². The van der Waals surface area contributed by atoms with Crippen molar-refractivity contribution in [3.8, 4) is 11.8 Å². The molecule has 106 valence electrons. The number of carbonyl (C=O) groups excluding carboxylic acids is 1. The summed E-state index contributed by atoms with van der Waals surface area (Å²) in [6.07, 6.45) is 3.53. The van der Waals surface area contributed by atoms with Crippen molar-refractivity contribution >= 4 is 5.91 Å². The summed E-state index contributed by atoms with van der Waals surface area (Å²) in [5.74, 6) is 0.531. The Labute approximate surface area is 120 Å². The average molecular weight is 272 g/mol. The molecule has 1 amide bonds. The minimum atomic E-state index is -0.631. The van der Waals surface area contributed by atoms with Gasteiger partial charge in [0.25, 0.3) is 5.91 Å². The molecular weight excluding hydrogens is 252 g/mol. The number of carbonyl (C=O) groups is 1. The Morgan fingerprint density at radius 1 is 1.35 bits per heavy atom. The standard InChI is InChI=1S/C16H20N2O2/c1-13-5-7-14(8-6-13)20-11-15(19)18(2)16(12-17)9-3-4-10-16/h5-8H,3-4,9-11H2,1-2H3. The van der Waals surface area contributed by atoms with Crippen LogP contribution in [-0.4, -0.2) is 30.0 Å². The number of likely N-dealkylation sites (N-methyl/N-ethyl adjacent to an activating group) is 1. The number of hydrogen-bond acceptors (Lipinski definition) is 3. The van der Waals surface area contributed by atoms with E-state index in [9.17, 15) is 10.1 Å². The summed E-state index contributed by atoms with van der Waals surface area (Å²) in [5, 5.41) is 9.37. The minimum Gasteiger partial charge on any atom is -0.484 e. The third kappa shape index (κ3) is 2.93. The van der Waals surface area contributed by atoms with Crippen molar-refractivity contribution in [2.45, 2.75) is 38.1 Å². The topological polar surface area (TPSA) is 53.3 Å². The molecule has 0 saturated heterocycles. The van der Waals surface area contributed by atoms with Crippen molar-refractivity contribution in [2.24, 2.45) is 0 Å². The van der Waals surface area contributed by atoms with Crippen LogP contribution in [0.4, 0.5) is 0 Å². The summed E-state index contributed by atoms with van der Waals surface area (Å²) in [6.45, 7) is 1.97. The van der Waals surface area contributed by atoms with E-state index in [1.165, 1.54) is 0 Å². The van der Waals surface area contributed by atoms with Crippen LogP contribution in [-0.2, 0) is 4.79 Å². The van der Waals surface area contributed by atoms with Crippen LogP contribution in [0, 0.1) is 18.3 Å². The monoisotopic (exact) mass is 272 g/mol. The van der Waals surface area contributed by atoms with Gasteiger partial charge in [0.15, 0.2) is 6.61 Å². The molecule has 0 spiro atoms. The Hall–Kier alpha value is -2.02. The first-order chi connectivity index (χ1) is 9.57. The smallest absolute Gasteiger partial charge is 0.261 e. The molecule has 0 aromatic heterocycles. The summed E-state index contributed by atoms with van der Waals surface area (Å²) >= 11 is 0. The molecule has 1 aliphatic carbocycles. The first kappa shape index (κ1) is 14.4. The zero-order valence-electron chi connectivity index (χ0n) is 12.1. The van der Waals surface area contributed by atoms with Crippen LogP contribution in [0.5, 0.6) is 5.75 Å². The molecule has 4 heteroatoms. The summed E-state index contributed by atoms with van der Waals surface area (Å²) in [7, 11) is 1.70. The molecule has 1 aromatic carbocycles. The lowest BCUT2D eigenvalue weighted by atomic mass is 9.98. The Bertz CT molecular complexity index is 510. The number of rotatable bonds is 4. The van der Waals surface area contributed by atoms with Crippen molar-refractivity contribution in [2.75, 3.05) is 13.7 Å². The van der Waals surface area contributed by atoms with Gasteiger partial charge in [0.1, 0.15) is 11.3 Å². The maximum Gasteiger partial charge on any atom is 0.261 e. The highest BCUT2D eigenvalue weighted by molar-refractivity contribution is 5.79. The molecule has 4 nitrogen and oxygen atoms in total. The maximum absolute atomic E-state index is 12.2. The fraction of sp³-hybridized carbons (Fsp3) is 0.500. The van der Waals surface area contributed by atoms with E-state index in [4.69, 9.17) is 4.74 Å². The van der Waals surface area contributed by atoms with Gasteiger partial charge in [-0.2, -0.15) is 5.26 Å². The van der Waals surface area contributed by atoms with Crippen molar-refractivity contribution in [1.82, 2.24) is 4.90 Å². The van der Waals surface area contributed by atoms with E-state index in [1.807, 2.05) is 31.2 Å². The molecule has 2 rings (SSSR count). The van der Waals surface area contributed by atoms with Gasteiger partial charge in [-0.25, -0.2) is 0 Å². The second kappa shape index (κ2) is 5.96. The summed E-state index contributed by atoms with van der Waals surface area (Å²) in [4.78, 5) is 13.7. The summed E-state index contributed by atoms with van der Waals surface area (Å²) in [5.41, 5.74) is 0.517. The predicted octanol–water partition coefficient (Wildman–Crippen LogP) is 2.67. The molecule has 0 heterocycles. The molecule has 20 heavy (non-hydrogen) atoms. The number of amides is 1. The second-order valence-corrected chi connectivity index (χ2v) is 5.40. The van der Waals surface area contributed by atoms with Crippen LogP contribution in [0.2, 0.25) is 0 Å². The number of ether oxygens (including phenoxy) is 1. The van der Waals surface area contributed by atoms with E-state index in [0.29, 0.717) is 5.75 Å². The predicted molar refractivity (Wildman–Crippen MR) is 76.3 cm³/mol. The average Bonchev–Trinajstić information content (AvgIpc) is 2.95. The zero-order valence-corrected chi connectivity index (χ0v) is 12.1. The quantitative estimate of drug-likeness (QED) is 0.846. The third-order valence-corrected chi connectivity index (χ3v) is 4.04. The normalized spacial score (nSPS) is 16.4. The van der Waals surface area contributed by atoms with Crippen LogP contribution in [0.15, 0.2) is 24.3 Å². The summed E-state index contributed by atoms with van der Waals surface area (Å²) in [6, 6.07) is 9.89. The SMILES string of the molecule is Cc1ccc(OCC(=O)N(C)C2(C#N)CCCC2)cc1. The Kier molecular flexibility index (Phi) is 4.29. The van der Waals surface area contributed by atoms with Crippen molar-refractivity contribution < 1.29 is 9.53 Å². The van der Waals surface area contributed by atoms with E-state index < -0.39 is 5.54 Å². The van der Waals surface area contributed by atoms with Crippen LogP contribution >= 0.6 is 0 Å². The highest BCUT2D eigenvalue weighted by atomic mass is 16.5. The van der Waals surface area contributed by atoms with Gasteiger partial charge < -0.3 is 9.64 Å². The highest BCUT2D eigenvalue weighted by Gasteiger charge is 2.40. The fourth-order valence-corrected chi connectivity index (χ4v) is 2.60. The van der Waals surface area contributed by atoms with Gasteiger partial charge in [-0.15, -0.1) is 0 Å². The van der Waals surface area contributed by atoms with Gasteiger partial charge in [0, 0.05) is 7.05 Å². The first-order valence-corrected chi connectivity index (χ1v) is 6.95. The fourth-order valence-electron chi connectivity index (χ4n) is 2.60. The van der Waals surface area contributed by atoms with Crippen LogP contribution in [0.1, 0.15) is 31.2 Å². The lowest BCUT2D eigenvalue weighted by molar-refractivity contribution is -0.136. The Morgan fingerprint density at radius 3 is 2.50 bits per heavy atom. The molecule has 1 aromatic rings. The summed E-state index contributed by atoms with van der Waals surface area (Å²) < 4.78 is 5.49. The molecule has 1 saturated carbocycles. The van der Waals surface area contributed by atoms with E-state index in [-0.39, 0.29) is 12.5 Å². The second-order valence-electron chi connectivity index (χ2n) is 5.40. The molecule has 0 aliphatic heterocycles. The molecule has 0 unspecified atom stereocenters. The van der Waals surface area contributed by atoms with Gasteiger partial charge in [0.2, 0.25) is 0 Å². The van der Waals surface area contributed by atoms with Crippen molar-refractivity contribution in [3.63, 3.8) is 0 Å². The number of benzene rings is 1. The van der Waals surface area contributed by atoms with Crippen LogP contribution in [0.25, 0.3) is 0 Å². The lowest BCUT2D eigenvalue weighted by Crippen LogP contribution is -2.48. The van der Waals surface area contributed by atoms with Crippen molar-refractivity contribution in [3.05, 3.63) is 29.8 Å². The van der Waals surface area contributed by atoms with Gasteiger partial charge in [-0.3, -0.25) is 4.79 Å². The number of hydrogen-bond donors (Lipinski definition) is 0. The van der Waals surface area contributed by atoms with Gasteiger partial charge in [-0.1, -0.05) is 17.7 Å². The van der Waals surface area contributed by atoms with Crippen molar-refractivity contribution in [1.29, 1.82) is 5.26 Å². The minimum absolute atomic E-state index is 0.0248. The van der Waals surface area contributed by atoms with Gasteiger partial charge >= 0.3 is 0 Å². The Balaban J connectivity index is 1.94. The molecular formula is C16H20N2O2. The molecule has 0 atom stereocenters. The largest absolute Gasteiger partial charge is 0.484 e.